The first kappa shape index (κ1) is 40.4. The largest absolute Gasteiger partial charge is 0.497 e. The van der Waals surface area contributed by atoms with Crippen LogP contribution in [0, 0.1) is 0 Å². The highest BCUT2D eigenvalue weighted by Gasteiger charge is 2.52. The summed E-state index contributed by atoms with van der Waals surface area (Å²) < 4.78 is 32.1. The molecule has 1 amide bonds. The fourth-order valence-electron chi connectivity index (χ4n) is 8.68. The summed E-state index contributed by atoms with van der Waals surface area (Å²) in [6.45, 7) is 7.38. The lowest BCUT2D eigenvalue weighted by molar-refractivity contribution is -0.149. The van der Waals surface area contributed by atoms with Crippen molar-refractivity contribution >= 4 is 24.6 Å². The molecule has 2 saturated heterocycles. The molecular weight excluding hydrogens is 731 g/mol. The van der Waals surface area contributed by atoms with E-state index in [0.717, 1.165) is 28.2 Å². The molecule has 0 unspecified atom stereocenters. The fourth-order valence-corrected chi connectivity index (χ4v) is 13.4. The Morgan fingerprint density at radius 3 is 1.68 bits per heavy atom. The number of likely N-dealkylation sites (tertiary alicyclic amines) is 1. The standard InChI is InChI=1S/C48H55NO7Si/c1-47(2,3)57(41-17-11-7-12-18-41,42-19-13-8-14-20-42)56-40-29-30-45(51)49(32-31-40)46-33-43(50)44(55-46)34-54-48(35-15-9-6-10-16-35,36-21-25-38(52-4)26-22-36)37-23-27-39(53-5)28-24-37/h6-28,40,43-44,46,50H,29-34H2,1-5H3/t40-,43+,44-,46+/m1/s1. The lowest BCUT2D eigenvalue weighted by Gasteiger charge is -2.45. The van der Waals surface area contributed by atoms with Gasteiger partial charge < -0.3 is 33.4 Å². The molecule has 0 radical (unpaired) electrons. The Morgan fingerprint density at radius 1 is 0.702 bits per heavy atom. The molecule has 57 heavy (non-hydrogen) atoms. The molecule has 0 bridgehead atoms. The van der Waals surface area contributed by atoms with E-state index in [2.05, 4.69) is 69.3 Å². The minimum atomic E-state index is -2.81. The van der Waals surface area contributed by atoms with Crippen LogP contribution in [0.4, 0.5) is 0 Å². The molecule has 7 rings (SSSR count). The van der Waals surface area contributed by atoms with Gasteiger partial charge in [-0.1, -0.05) is 136 Å². The second kappa shape index (κ2) is 17.4. The number of carbonyl (C=O) groups is 1. The van der Waals surface area contributed by atoms with Crippen LogP contribution >= 0.6 is 0 Å². The normalized spacial score (nSPS) is 20.6. The number of amides is 1. The van der Waals surface area contributed by atoms with Gasteiger partial charge in [-0.25, -0.2) is 0 Å². The van der Waals surface area contributed by atoms with Gasteiger partial charge >= 0.3 is 0 Å². The maximum Gasteiger partial charge on any atom is 0.261 e. The van der Waals surface area contributed by atoms with E-state index in [-0.39, 0.29) is 23.7 Å². The summed E-state index contributed by atoms with van der Waals surface area (Å²) in [6.07, 6.45) is -0.304. The first-order chi connectivity index (χ1) is 27.6. The van der Waals surface area contributed by atoms with Gasteiger partial charge in [0.05, 0.1) is 26.9 Å². The first-order valence-corrected chi connectivity index (χ1v) is 21.9. The summed E-state index contributed by atoms with van der Waals surface area (Å²) in [7, 11) is 0.480. The van der Waals surface area contributed by atoms with Crippen LogP contribution in [0.1, 0.15) is 63.1 Å². The van der Waals surface area contributed by atoms with Gasteiger partial charge in [-0.3, -0.25) is 4.79 Å². The average Bonchev–Trinajstić information content (AvgIpc) is 3.51. The Bertz CT molecular complexity index is 1950. The van der Waals surface area contributed by atoms with Crippen molar-refractivity contribution in [3.63, 3.8) is 0 Å². The van der Waals surface area contributed by atoms with Crippen molar-refractivity contribution in [1.82, 2.24) is 4.90 Å². The quantitative estimate of drug-likeness (QED) is 0.0982. The van der Waals surface area contributed by atoms with E-state index in [1.807, 2.05) is 95.9 Å². The van der Waals surface area contributed by atoms with E-state index in [1.165, 1.54) is 10.4 Å². The SMILES string of the molecule is COc1ccc(C(OC[C@H]2O[C@H](N3CC[C@H](O[Si](c4ccccc4)(c4ccccc4)C(C)(C)C)CCC3=O)C[C@@H]2O)(c2ccccc2)c2ccc(OC)cc2)cc1. The minimum absolute atomic E-state index is 0.0115. The minimum Gasteiger partial charge on any atom is -0.497 e. The van der Waals surface area contributed by atoms with E-state index >= 15 is 0 Å². The van der Waals surface area contributed by atoms with Crippen molar-refractivity contribution in [3.8, 4) is 11.5 Å². The lowest BCUT2D eigenvalue weighted by Crippen LogP contribution is -2.67. The fraction of sp³-hybridized carbons (Fsp3) is 0.354. The number of aliphatic hydroxyl groups is 1. The summed E-state index contributed by atoms with van der Waals surface area (Å²) in [5, 5.41) is 13.8. The number of methoxy groups -OCH3 is 2. The van der Waals surface area contributed by atoms with Gasteiger partial charge in [-0.2, -0.15) is 0 Å². The van der Waals surface area contributed by atoms with Crippen molar-refractivity contribution in [2.24, 2.45) is 0 Å². The highest BCUT2D eigenvalue weighted by Crippen LogP contribution is 2.43. The molecule has 2 fully saturated rings. The van der Waals surface area contributed by atoms with Gasteiger partial charge in [0.25, 0.3) is 8.32 Å². The topological polar surface area (TPSA) is 86.7 Å². The number of hydrogen-bond donors (Lipinski definition) is 1. The molecule has 298 valence electrons. The summed E-state index contributed by atoms with van der Waals surface area (Å²) in [6, 6.07) is 47.0. The zero-order valence-electron chi connectivity index (χ0n) is 33.7. The molecule has 5 aromatic rings. The van der Waals surface area contributed by atoms with Gasteiger partial charge in [-0.05, 0) is 69.2 Å². The van der Waals surface area contributed by atoms with Crippen LogP contribution in [0.25, 0.3) is 0 Å². The maximum atomic E-state index is 13.9. The zero-order valence-corrected chi connectivity index (χ0v) is 34.7. The molecule has 2 aliphatic heterocycles. The molecule has 5 aromatic carbocycles. The highest BCUT2D eigenvalue weighted by atomic mass is 28.4. The van der Waals surface area contributed by atoms with Gasteiger partial charge in [-0.15, -0.1) is 0 Å². The molecule has 0 spiro atoms. The maximum absolute atomic E-state index is 13.9. The Hall–Kier alpha value is -4.77. The van der Waals surface area contributed by atoms with Gasteiger partial charge in [0, 0.05) is 25.5 Å². The number of hydrogen-bond acceptors (Lipinski definition) is 7. The predicted octanol–water partition coefficient (Wildman–Crippen LogP) is 7.45. The molecular formula is C48H55NO7Si. The number of nitrogens with zero attached hydrogens (tertiary/aromatic N) is 1. The first-order valence-electron chi connectivity index (χ1n) is 20.0. The van der Waals surface area contributed by atoms with Crippen molar-refractivity contribution < 1.29 is 33.3 Å². The summed E-state index contributed by atoms with van der Waals surface area (Å²) in [5.41, 5.74) is 1.63. The third-order valence-corrected chi connectivity index (χ3v) is 16.7. The van der Waals surface area contributed by atoms with Crippen molar-refractivity contribution in [1.29, 1.82) is 0 Å². The molecule has 2 aliphatic rings. The Morgan fingerprint density at radius 2 is 1.19 bits per heavy atom. The molecule has 0 aliphatic carbocycles. The van der Waals surface area contributed by atoms with E-state index in [9.17, 15) is 9.90 Å². The van der Waals surface area contributed by atoms with Gasteiger partial charge in [0.1, 0.15) is 29.4 Å². The second-order valence-corrected chi connectivity index (χ2v) is 20.3. The van der Waals surface area contributed by atoms with E-state index < -0.39 is 32.4 Å². The number of carbonyl (C=O) groups excluding carboxylic acids is 1. The number of aliphatic hydroxyl groups excluding tert-OH is 1. The summed E-state index contributed by atoms with van der Waals surface area (Å²) in [5.74, 6) is 1.47. The van der Waals surface area contributed by atoms with Crippen LogP contribution in [-0.2, 0) is 24.3 Å². The van der Waals surface area contributed by atoms with Crippen LogP contribution in [0.2, 0.25) is 5.04 Å². The molecule has 2 heterocycles. The molecule has 1 N–H and O–H groups in total. The lowest BCUT2D eigenvalue weighted by atomic mass is 9.80. The van der Waals surface area contributed by atoms with Crippen molar-refractivity contribution in [2.75, 3.05) is 27.4 Å². The smallest absolute Gasteiger partial charge is 0.261 e. The predicted molar refractivity (Wildman–Crippen MR) is 226 cm³/mol. The van der Waals surface area contributed by atoms with Crippen LogP contribution in [-0.4, -0.2) is 76.1 Å². The molecule has 4 atom stereocenters. The van der Waals surface area contributed by atoms with Crippen molar-refractivity contribution in [3.05, 3.63) is 156 Å². The Labute approximate surface area is 338 Å². The zero-order chi connectivity index (χ0) is 40.0. The Kier molecular flexibility index (Phi) is 12.3. The Balaban J connectivity index is 1.12. The second-order valence-electron chi connectivity index (χ2n) is 16.1. The number of benzene rings is 5. The van der Waals surface area contributed by atoms with Gasteiger partial charge in [0.15, 0.2) is 0 Å². The summed E-state index contributed by atoms with van der Waals surface area (Å²) >= 11 is 0. The third kappa shape index (κ3) is 8.18. The molecule has 0 saturated carbocycles. The number of ether oxygens (including phenoxy) is 4. The third-order valence-electron chi connectivity index (χ3n) is 11.6. The van der Waals surface area contributed by atoms with E-state index in [1.54, 1.807) is 14.2 Å². The van der Waals surface area contributed by atoms with Gasteiger partial charge in [0.2, 0.25) is 5.91 Å². The number of rotatable bonds is 13. The van der Waals surface area contributed by atoms with Crippen LogP contribution in [0.3, 0.4) is 0 Å². The molecule has 9 heteroatoms. The van der Waals surface area contributed by atoms with Crippen LogP contribution in [0.5, 0.6) is 11.5 Å². The average molecular weight is 786 g/mol. The summed E-state index contributed by atoms with van der Waals surface area (Å²) in [4.78, 5) is 15.7. The van der Waals surface area contributed by atoms with Crippen LogP contribution in [0.15, 0.2) is 140 Å². The monoisotopic (exact) mass is 785 g/mol. The van der Waals surface area contributed by atoms with E-state index in [0.29, 0.717) is 32.2 Å². The van der Waals surface area contributed by atoms with Crippen molar-refractivity contribution in [2.45, 2.75) is 81.6 Å². The van der Waals surface area contributed by atoms with E-state index in [4.69, 9.17) is 23.4 Å². The van der Waals surface area contributed by atoms with Crippen LogP contribution < -0.4 is 19.8 Å². The molecule has 0 aromatic heterocycles. The molecule has 8 nitrogen and oxygen atoms in total. The highest BCUT2D eigenvalue weighted by molar-refractivity contribution is 6.99.